The Kier molecular flexibility index (Phi) is 3.27. The van der Waals surface area contributed by atoms with Crippen LogP contribution in [0.5, 0.6) is 0 Å². The van der Waals surface area contributed by atoms with E-state index in [0.717, 1.165) is 29.9 Å². The number of nitrogens with one attached hydrogen (secondary N) is 2. The predicted molar refractivity (Wildman–Crippen MR) is 79.2 cm³/mol. The van der Waals surface area contributed by atoms with Gasteiger partial charge in [-0.3, -0.25) is 0 Å². The fourth-order valence-electron chi connectivity index (χ4n) is 2.96. The summed E-state index contributed by atoms with van der Waals surface area (Å²) in [6.07, 6.45) is 3.27. The highest BCUT2D eigenvalue weighted by atomic mass is 16.5. The van der Waals surface area contributed by atoms with E-state index in [9.17, 15) is 4.79 Å². The fourth-order valence-corrected chi connectivity index (χ4v) is 2.96. The first-order chi connectivity index (χ1) is 10.8. The van der Waals surface area contributed by atoms with Crippen molar-refractivity contribution in [1.29, 1.82) is 0 Å². The minimum atomic E-state index is -0.188. The van der Waals surface area contributed by atoms with Crippen molar-refractivity contribution in [3.8, 4) is 0 Å². The number of fused-ring (bicyclic) bond motifs is 2. The Bertz CT molecular complexity index is 712. The zero-order valence-corrected chi connectivity index (χ0v) is 12.1. The first-order valence-electron chi connectivity index (χ1n) is 7.42. The maximum Gasteiger partial charge on any atom is 0.319 e. The van der Waals surface area contributed by atoms with Crippen molar-refractivity contribution >= 4 is 11.7 Å². The molecular weight excluding hydrogens is 282 g/mol. The summed E-state index contributed by atoms with van der Waals surface area (Å²) in [4.78, 5) is 16.3. The van der Waals surface area contributed by atoms with Crippen molar-refractivity contribution in [1.82, 2.24) is 20.1 Å². The van der Waals surface area contributed by atoms with Crippen molar-refractivity contribution in [3.05, 3.63) is 41.5 Å². The van der Waals surface area contributed by atoms with E-state index in [1.165, 1.54) is 5.56 Å². The molecule has 2 amide bonds. The number of carbonyl (C=O) groups is 1. The van der Waals surface area contributed by atoms with Crippen LogP contribution in [0.1, 0.15) is 23.4 Å². The molecule has 114 valence electrons. The fraction of sp³-hybridized carbons (Fsp3) is 0.400. The molecule has 0 spiro atoms. The molecule has 0 bridgehead atoms. The molecule has 0 aliphatic carbocycles. The molecule has 22 heavy (non-hydrogen) atoms. The molecule has 4 rings (SSSR count). The lowest BCUT2D eigenvalue weighted by atomic mass is 10.1. The molecule has 2 N–H and O–H groups in total. The maximum absolute atomic E-state index is 12.1. The van der Waals surface area contributed by atoms with Gasteiger partial charge in [-0.05, 0) is 29.7 Å². The molecule has 0 fully saturated rings. The van der Waals surface area contributed by atoms with Gasteiger partial charge in [0.15, 0.2) is 0 Å². The van der Waals surface area contributed by atoms with Gasteiger partial charge in [-0.1, -0.05) is 6.07 Å². The molecule has 2 aliphatic rings. The maximum atomic E-state index is 12.1. The Morgan fingerprint density at radius 2 is 2.23 bits per heavy atom. The Labute approximate surface area is 127 Å². The van der Waals surface area contributed by atoms with Crippen LogP contribution in [-0.4, -0.2) is 26.8 Å². The average molecular weight is 299 g/mol. The topological polar surface area (TPSA) is 81.1 Å². The van der Waals surface area contributed by atoms with E-state index < -0.39 is 0 Å². The highest BCUT2D eigenvalue weighted by Gasteiger charge is 2.21. The van der Waals surface area contributed by atoms with Gasteiger partial charge in [0.05, 0.1) is 25.8 Å². The molecule has 3 heterocycles. The van der Waals surface area contributed by atoms with Crippen LogP contribution in [0.3, 0.4) is 0 Å². The summed E-state index contributed by atoms with van der Waals surface area (Å²) in [5.41, 5.74) is 3.12. The second-order valence-corrected chi connectivity index (χ2v) is 5.67. The van der Waals surface area contributed by atoms with Crippen LogP contribution in [0.15, 0.2) is 24.5 Å². The lowest BCUT2D eigenvalue weighted by molar-refractivity contribution is 0.134. The number of aryl methyl sites for hydroxylation is 1. The van der Waals surface area contributed by atoms with Crippen molar-refractivity contribution < 1.29 is 9.53 Å². The molecule has 1 atom stereocenters. The SMILES string of the molecule is O=C(Nc1ccc2c(c1)COC2)N[C@H]1CCc2ncnn2C1. The molecule has 0 radical (unpaired) electrons. The summed E-state index contributed by atoms with van der Waals surface area (Å²) < 4.78 is 7.23. The van der Waals surface area contributed by atoms with E-state index in [4.69, 9.17) is 4.74 Å². The van der Waals surface area contributed by atoms with Crippen LogP contribution >= 0.6 is 0 Å². The van der Waals surface area contributed by atoms with E-state index in [1.54, 1.807) is 6.33 Å². The number of hydrogen-bond donors (Lipinski definition) is 2. The van der Waals surface area contributed by atoms with E-state index >= 15 is 0 Å². The quantitative estimate of drug-likeness (QED) is 0.879. The summed E-state index contributed by atoms with van der Waals surface area (Å²) in [5, 5.41) is 10.0. The van der Waals surface area contributed by atoms with Gasteiger partial charge < -0.3 is 15.4 Å². The number of aromatic nitrogens is 3. The lowest BCUT2D eigenvalue weighted by Crippen LogP contribution is -2.43. The minimum absolute atomic E-state index is 0.0759. The lowest BCUT2D eigenvalue weighted by Gasteiger charge is -2.23. The standard InChI is InChI=1S/C15H17N5O2/c21-15(18-12-2-1-10-7-22-8-11(10)5-12)19-13-3-4-14-16-9-17-20(14)6-13/h1-2,5,9,13H,3-4,6-8H2,(H2,18,19,21)/t13-/m0/s1. The first-order valence-corrected chi connectivity index (χ1v) is 7.42. The summed E-state index contributed by atoms with van der Waals surface area (Å²) >= 11 is 0. The summed E-state index contributed by atoms with van der Waals surface area (Å²) in [6, 6.07) is 5.77. The van der Waals surface area contributed by atoms with Crippen LogP contribution in [0.4, 0.5) is 10.5 Å². The third-order valence-electron chi connectivity index (χ3n) is 4.12. The Morgan fingerprint density at radius 1 is 1.32 bits per heavy atom. The third-order valence-corrected chi connectivity index (χ3v) is 4.12. The number of nitrogens with zero attached hydrogens (tertiary/aromatic N) is 3. The van der Waals surface area contributed by atoms with E-state index in [-0.39, 0.29) is 12.1 Å². The number of urea groups is 1. The minimum Gasteiger partial charge on any atom is -0.372 e. The molecular formula is C15H17N5O2. The molecule has 7 nitrogen and oxygen atoms in total. The smallest absolute Gasteiger partial charge is 0.319 e. The second kappa shape index (κ2) is 5.42. The average Bonchev–Trinajstić information content (AvgIpc) is 3.14. The third kappa shape index (κ3) is 2.55. The van der Waals surface area contributed by atoms with Gasteiger partial charge in [-0.2, -0.15) is 5.10 Å². The van der Waals surface area contributed by atoms with E-state index in [2.05, 4.69) is 20.7 Å². The molecule has 7 heteroatoms. The van der Waals surface area contributed by atoms with Crippen molar-refractivity contribution in [3.63, 3.8) is 0 Å². The first kappa shape index (κ1) is 13.3. The number of anilines is 1. The largest absolute Gasteiger partial charge is 0.372 e. The second-order valence-electron chi connectivity index (χ2n) is 5.67. The summed E-state index contributed by atoms with van der Waals surface area (Å²) in [5.74, 6) is 0.983. The van der Waals surface area contributed by atoms with Crippen LogP contribution in [0, 0.1) is 0 Å². The monoisotopic (exact) mass is 299 g/mol. The highest BCUT2D eigenvalue weighted by Crippen LogP contribution is 2.23. The van der Waals surface area contributed by atoms with Gasteiger partial charge in [0.25, 0.3) is 0 Å². The Balaban J connectivity index is 1.37. The van der Waals surface area contributed by atoms with E-state index in [1.807, 2.05) is 22.9 Å². The van der Waals surface area contributed by atoms with Crippen molar-refractivity contribution in [2.45, 2.75) is 38.6 Å². The predicted octanol–water partition coefficient (Wildman–Crippen LogP) is 1.44. The number of benzene rings is 1. The number of rotatable bonds is 2. The molecule has 2 aromatic rings. The molecule has 1 aromatic carbocycles. The van der Waals surface area contributed by atoms with Crippen molar-refractivity contribution in [2.75, 3.05) is 5.32 Å². The number of carbonyl (C=O) groups excluding carboxylic acids is 1. The van der Waals surface area contributed by atoms with E-state index in [0.29, 0.717) is 19.8 Å². The number of ether oxygens (including phenoxy) is 1. The van der Waals surface area contributed by atoms with Gasteiger partial charge in [0.2, 0.25) is 0 Å². The molecule has 2 aliphatic heterocycles. The summed E-state index contributed by atoms with van der Waals surface area (Å²) in [6.45, 7) is 1.94. The van der Waals surface area contributed by atoms with Crippen LogP contribution in [-0.2, 0) is 30.9 Å². The van der Waals surface area contributed by atoms with Gasteiger partial charge in [-0.15, -0.1) is 0 Å². The van der Waals surface area contributed by atoms with Gasteiger partial charge >= 0.3 is 6.03 Å². The Morgan fingerprint density at radius 3 is 3.18 bits per heavy atom. The number of hydrogen-bond acceptors (Lipinski definition) is 4. The van der Waals surface area contributed by atoms with Crippen LogP contribution in [0.2, 0.25) is 0 Å². The van der Waals surface area contributed by atoms with Crippen LogP contribution in [0.25, 0.3) is 0 Å². The zero-order valence-electron chi connectivity index (χ0n) is 12.1. The molecule has 0 unspecified atom stereocenters. The van der Waals surface area contributed by atoms with Gasteiger partial charge in [0, 0.05) is 12.1 Å². The molecule has 0 saturated heterocycles. The molecule has 1 aromatic heterocycles. The Hall–Kier alpha value is -2.41. The summed E-state index contributed by atoms with van der Waals surface area (Å²) in [7, 11) is 0. The molecule has 0 saturated carbocycles. The highest BCUT2D eigenvalue weighted by molar-refractivity contribution is 5.89. The van der Waals surface area contributed by atoms with Crippen molar-refractivity contribution in [2.24, 2.45) is 0 Å². The van der Waals surface area contributed by atoms with Crippen LogP contribution < -0.4 is 10.6 Å². The normalized spacial score (nSPS) is 19.4. The number of amides is 2. The zero-order chi connectivity index (χ0) is 14.9. The van der Waals surface area contributed by atoms with Gasteiger partial charge in [-0.25, -0.2) is 14.5 Å². The van der Waals surface area contributed by atoms with Gasteiger partial charge in [0.1, 0.15) is 12.2 Å².